The van der Waals surface area contributed by atoms with Crippen LogP contribution in [-0.4, -0.2) is 24.3 Å². The highest BCUT2D eigenvalue weighted by molar-refractivity contribution is 5.49. The third-order valence-electron chi connectivity index (χ3n) is 5.05. The van der Waals surface area contributed by atoms with Crippen LogP contribution in [0.1, 0.15) is 35.1 Å². The zero-order valence-corrected chi connectivity index (χ0v) is 15.1. The first kappa shape index (κ1) is 17.9. The Bertz CT molecular complexity index is 724. The monoisotopic (exact) mass is 342 g/mol. The molecule has 2 N–H and O–H groups in total. The minimum Gasteiger partial charge on any atom is -0.393 e. The van der Waals surface area contributed by atoms with Gasteiger partial charge < -0.3 is 15.3 Å². The van der Waals surface area contributed by atoms with E-state index in [0.717, 1.165) is 12.1 Å². The number of nitrogens with one attached hydrogen (secondary N) is 1. The molecule has 1 aliphatic rings. The fraction of sp³-hybridized carbons (Fsp3) is 0.429. The Labute approximate surface area is 149 Å². The van der Waals surface area contributed by atoms with E-state index in [1.54, 1.807) is 6.07 Å². The van der Waals surface area contributed by atoms with Crippen molar-refractivity contribution in [3.63, 3.8) is 0 Å². The summed E-state index contributed by atoms with van der Waals surface area (Å²) in [6.07, 6.45) is 1.17. The van der Waals surface area contributed by atoms with Crippen LogP contribution in [0.2, 0.25) is 0 Å². The molecule has 0 aromatic heterocycles. The number of halogens is 1. The molecule has 0 unspecified atom stereocenters. The highest BCUT2D eigenvalue weighted by Gasteiger charge is 2.19. The maximum Gasteiger partial charge on any atom is 0.146 e. The molecular formula is C21H27FN2O. The molecule has 0 atom stereocenters. The van der Waals surface area contributed by atoms with Gasteiger partial charge in [0.2, 0.25) is 0 Å². The van der Waals surface area contributed by atoms with Gasteiger partial charge in [-0.15, -0.1) is 0 Å². The third-order valence-corrected chi connectivity index (χ3v) is 5.05. The van der Waals surface area contributed by atoms with Crippen molar-refractivity contribution in [3.8, 4) is 0 Å². The van der Waals surface area contributed by atoms with Gasteiger partial charge in [0.25, 0.3) is 0 Å². The number of aliphatic hydroxyl groups is 1. The van der Waals surface area contributed by atoms with Crippen molar-refractivity contribution in [3.05, 3.63) is 64.5 Å². The van der Waals surface area contributed by atoms with E-state index >= 15 is 0 Å². The van der Waals surface area contributed by atoms with Crippen LogP contribution in [0.5, 0.6) is 0 Å². The summed E-state index contributed by atoms with van der Waals surface area (Å²) in [4.78, 5) is 2.02. The molecule has 0 radical (unpaired) electrons. The molecule has 0 saturated carbocycles. The molecule has 1 aliphatic heterocycles. The molecule has 25 heavy (non-hydrogen) atoms. The number of rotatable bonds is 5. The maximum atomic E-state index is 14.4. The number of anilines is 1. The number of nitrogens with zero attached hydrogens (tertiary/aromatic N) is 1. The summed E-state index contributed by atoms with van der Waals surface area (Å²) in [5.74, 6) is -0.179. The molecule has 0 amide bonds. The summed E-state index contributed by atoms with van der Waals surface area (Å²) < 4.78 is 14.4. The highest BCUT2D eigenvalue weighted by Crippen LogP contribution is 2.24. The fourth-order valence-electron chi connectivity index (χ4n) is 3.29. The van der Waals surface area contributed by atoms with Crippen LogP contribution < -0.4 is 10.2 Å². The van der Waals surface area contributed by atoms with Crippen molar-refractivity contribution in [2.45, 2.75) is 45.9 Å². The van der Waals surface area contributed by atoms with Gasteiger partial charge >= 0.3 is 0 Å². The standard InChI is InChI=1S/C21H27FN2O/c1-15-3-4-17(11-16(15)2)13-23-14-18-5-6-21(20(22)12-18)24-9-7-19(25)8-10-24/h3-6,11-12,19,23,25H,7-10,13-14H2,1-2H3. The fourth-order valence-corrected chi connectivity index (χ4v) is 3.29. The van der Waals surface area contributed by atoms with Crippen LogP contribution in [0.3, 0.4) is 0 Å². The molecule has 0 bridgehead atoms. The normalized spacial score (nSPS) is 15.6. The average Bonchev–Trinajstić information content (AvgIpc) is 2.59. The first-order chi connectivity index (χ1) is 12.0. The lowest BCUT2D eigenvalue weighted by molar-refractivity contribution is 0.145. The molecule has 1 fully saturated rings. The van der Waals surface area contributed by atoms with Crippen molar-refractivity contribution < 1.29 is 9.50 Å². The second-order valence-electron chi connectivity index (χ2n) is 7.03. The molecule has 0 spiro atoms. The number of benzene rings is 2. The van der Waals surface area contributed by atoms with Crippen molar-refractivity contribution in [2.24, 2.45) is 0 Å². The van der Waals surface area contributed by atoms with E-state index in [0.29, 0.717) is 38.2 Å². The Morgan fingerprint density at radius 1 is 1.00 bits per heavy atom. The van der Waals surface area contributed by atoms with Crippen LogP contribution >= 0.6 is 0 Å². The second kappa shape index (κ2) is 7.98. The Hall–Kier alpha value is -1.91. The summed E-state index contributed by atoms with van der Waals surface area (Å²) >= 11 is 0. The van der Waals surface area contributed by atoms with Crippen molar-refractivity contribution in [2.75, 3.05) is 18.0 Å². The number of piperidine rings is 1. The van der Waals surface area contributed by atoms with Crippen LogP contribution in [0, 0.1) is 19.7 Å². The van der Waals surface area contributed by atoms with Gasteiger partial charge in [0.1, 0.15) is 5.82 Å². The first-order valence-electron chi connectivity index (χ1n) is 9.01. The van der Waals surface area contributed by atoms with Crippen LogP contribution in [0.4, 0.5) is 10.1 Å². The summed E-state index contributed by atoms with van der Waals surface area (Å²) in [6.45, 7) is 7.06. The molecule has 1 heterocycles. The Kier molecular flexibility index (Phi) is 5.71. The van der Waals surface area contributed by atoms with Gasteiger partial charge in [-0.3, -0.25) is 0 Å². The number of hydrogen-bond acceptors (Lipinski definition) is 3. The predicted molar refractivity (Wildman–Crippen MR) is 100 cm³/mol. The predicted octanol–water partition coefficient (Wildman–Crippen LogP) is 3.69. The van der Waals surface area contributed by atoms with Gasteiger partial charge in [0.05, 0.1) is 11.8 Å². The minimum absolute atomic E-state index is 0.179. The van der Waals surface area contributed by atoms with Gasteiger partial charge in [0, 0.05) is 26.2 Å². The quantitative estimate of drug-likeness (QED) is 0.870. The zero-order chi connectivity index (χ0) is 17.8. The van der Waals surface area contributed by atoms with Crippen LogP contribution in [0.25, 0.3) is 0 Å². The smallest absolute Gasteiger partial charge is 0.146 e. The van der Waals surface area contributed by atoms with E-state index < -0.39 is 0 Å². The van der Waals surface area contributed by atoms with Gasteiger partial charge in [0.15, 0.2) is 0 Å². The number of hydrogen-bond donors (Lipinski definition) is 2. The van der Waals surface area contributed by atoms with Crippen molar-refractivity contribution in [1.82, 2.24) is 5.32 Å². The van der Waals surface area contributed by atoms with Gasteiger partial charge in [-0.1, -0.05) is 24.3 Å². The Morgan fingerprint density at radius 2 is 1.64 bits per heavy atom. The second-order valence-corrected chi connectivity index (χ2v) is 7.03. The van der Waals surface area contributed by atoms with Crippen LogP contribution in [0.15, 0.2) is 36.4 Å². The molecule has 3 rings (SSSR count). The SMILES string of the molecule is Cc1ccc(CNCc2ccc(N3CCC(O)CC3)c(F)c2)cc1C. The lowest BCUT2D eigenvalue weighted by Crippen LogP contribution is -2.36. The van der Waals surface area contributed by atoms with E-state index in [-0.39, 0.29) is 11.9 Å². The molecule has 2 aromatic rings. The molecule has 4 heteroatoms. The Balaban J connectivity index is 1.56. The first-order valence-corrected chi connectivity index (χ1v) is 9.01. The van der Waals surface area contributed by atoms with Crippen molar-refractivity contribution in [1.29, 1.82) is 0 Å². The van der Waals surface area contributed by atoms with Gasteiger partial charge in [-0.2, -0.15) is 0 Å². The molecule has 0 aliphatic carbocycles. The molecular weight excluding hydrogens is 315 g/mol. The molecule has 1 saturated heterocycles. The maximum absolute atomic E-state index is 14.4. The zero-order valence-electron chi connectivity index (χ0n) is 15.1. The molecule has 3 nitrogen and oxygen atoms in total. The third kappa shape index (κ3) is 4.59. The van der Waals surface area contributed by atoms with Gasteiger partial charge in [-0.05, 0) is 61.1 Å². The topological polar surface area (TPSA) is 35.5 Å². The summed E-state index contributed by atoms with van der Waals surface area (Å²) in [5.41, 5.74) is 5.42. The van der Waals surface area contributed by atoms with E-state index in [2.05, 4.69) is 37.4 Å². The Morgan fingerprint density at radius 3 is 2.28 bits per heavy atom. The molecule has 2 aromatic carbocycles. The van der Waals surface area contributed by atoms with Crippen LogP contribution in [-0.2, 0) is 13.1 Å². The number of aryl methyl sites for hydroxylation is 2. The van der Waals surface area contributed by atoms with E-state index in [9.17, 15) is 9.50 Å². The van der Waals surface area contributed by atoms with E-state index in [1.165, 1.54) is 16.7 Å². The largest absolute Gasteiger partial charge is 0.393 e. The number of aliphatic hydroxyl groups excluding tert-OH is 1. The molecule has 134 valence electrons. The van der Waals surface area contributed by atoms with Crippen molar-refractivity contribution >= 4 is 5.69 Å². The average molecular weight is 342 g/mol. The van der Waals surface area contributed by atoms with Gasteiger partial charge in [-0.25, -0.2) is 4.39 Å². The summed E-state index contributed by atoms with van der Waals surface area (Å²) in [7, 11) is 0. The highest BCUT2D eigenvalue weighted by atomic mass is 19.1. The lowest BCUT2D eigenvalue weighted by Gasteiger charge is -2.31. The van der Waals surface area contributed by atoms with E-state index in [4.69, 9.17) is 0 Å². The summed E-state index contributed by atoms with van der Waals surface area (Å²) in [5, 5.41) is 13.0. The lowest BCUT2D eigenvalue weighted by atomic mass is 10.1. The van der Waals surface area contributed by atoms with E-state index in [1.807, 2.05) is 17.0 Å². The minimum atomic E-state index is -0.242. The summed E-state index contributed by atoms with van der Waals surface area (Å²) in [6, 6.07) is 11.9.